The average molecular weight is 577 g/mol. The molecule has 210 valence electrons. The van der Waals surface area contributed by atoms with Gasteiger partial charge in [0, 0.05) is 11.8 Å². The molecule has 1 atom stereocenters. The van der Waals surface area contributed by atoms with E-state index in [0.717, 1.165) is 6.07 Å². The molecule has 0 spiro atoms. The third-order valence-corrected chi connectivity index (χ3v) is 6.89. The molecule has 3 aromatic rings. The van der Waals surface area contributed by atoms with Crippen molar-refractivity contribution in [3.8, 4) is 11.5 Å². The molecule has 3 rings (SSSR count). The topological polar surface area (TPSA) is 93.7 Å². The molecule has 0 saturated heterocycles. The van der Waals surface area contributed by atoms with Gasteiger partial charge in [0.05, 0.1) is 30.2 Å². The lowest BCUT2D eigenvalue weighted by Gasteiger charge is -2.20. The summed E-state index contributed by atoms with van der Waals surface area (Å²) in [5, 5.41) is 1.99. The second kappa shape index (κ2) is 11.5. The summed E-state index contributed by atoms with van der Waals surface area (Å²) in [5.74, 6) is -0.900. The van der Waals surface area contributed by atoms with Crippen molar-refractivity contribution >= 4 is 21.6 Å². The number of carbonyl (C=O) groups is 1. The Hall–Kier alpha value is -3.78. The Morgan fingerprint density at radius 1 is 0.821 bits per heavy atom. The fourth-order valence-corrected chi connectivity index (χ4v) is 4.74. The van der Waals surface area contributed by atoms with Gasteiger partial charge in [-0.3, -0.25) is 4.79 Å². The van der Waals surface area contributed by atoms with E-state index in [9.17, 15) is 39.6 Å². The molecule has 7 nitrogen and oxygen atoms in total. The van der Waals surface area contributed by atoms with Gasteiger partial charge in [0.25, 0.3) is 0 Å². The van der Waals surface area contributed by atoms with Crippen LogP contribution in [0, 0.1) is 0 Å². The van der Waals surface area contributed by atoms with Crippen molar-refractivity contribution in [2.75, 3.05) is 19.5 Å². The van der Waals surface area contributed by atoms with Gasteiger partial charge in [-0.15, -0.1) is 0 Å². The van der Waals surface area contributed by atoms with Crippen molar-refractivity contribution < 1.29 is 49.0 Å². The highest BCUT2D eigenvalue weighted by Crippen LogP contribution is 2.37. The van der Waals surface area contributed by atoms with Gasteiger partial charge in [-0.1, -0.05) is 30.3 Å². The van der Waals surface area contributed by atoms with E-state index < -0.39 is 51.1 Å². The minimum Gasteiger partial charge on any atom is -0.493 e. The Labute approximate surface area is 219 Å². The molecule has 0 saturated carbocycles. The molecule has 0 aromatic heterocycles. The minimum atomic E-state index is -5.14. The van der Waals surface area contributed by atoms with Gasteiger partial charge in [-0.2, -0.15) is 31.1 Å². The number of carbonyl (C=O) groups excluding carboxylic acids is 1. The van der Waals surface area contributed by atoms with E-state index in [2.05, 4.69) is 4.72 Å². The van der Waals surface area contributed by atoms with Crippen LogP contribution >= 0.6 is 0 Å². The highest BCUT2D eigenvalue weighted by Gasteiger charge is 2.37. The zero-order valence-corrected chi connectivity index (χ0v) is 21.2. The van der Waals surface area contributed by atoms with Gasteiger partial charge in [0.15, 0.2) is 11.5 Å². The molecule has 2 N–H and O–H groups in total. The van der Waals surface area contributed by atoms with Gasteiger partial charge in [-0.25, -0.2) is 8.42 Å². The van der Waals surface area contributed by atoms with Crippen LogP contribution in [0.4, 0.5) is 32.0 Å². The Kier molecular flexibility index (Phi) is 8.80. The number of nitrogens with one attached hydrogen (secondary N) is 2. The Morgan fingerprint density at radius 3 is 1.90 bits per heavy atom. The lowest BCUT2D eigenvalue weighted by Crippen LogP contribution is -2.45. The van der Waals surface area contributed by atoms with E-state index in [1.807, 2.05) is 5.32 Å². The molecule has 0 fully saturated rings. The van der Waals surface area contributed by atoms with Gasteiger partial charge in [0.2, 0.25) is 15.9 Å². The number of anilines is 1. The summed E-state index contributed by atoms with van der Waals surface area (Å²) in [5.41, 5.74) is -3.63. The molecule has 39 heavy (non-hydrogen) atoms. The van der Waals surface area contributed by atoms with Crippen LogP contribution in [0.15, 0.2) is 71.6 Å². The predicted octanol–water partition coefficient (Wildman–Crippen LogP) is 5.27. The van der Waals surface area contributed by atoms with E-state index in [1.54, 1.807) is 30.3 Å². The molecule has 0 unspecified atom stereocenters. The quantitative estimate of drug-likeness (QED) is 0.339. The van der Waals surface area contributed by atoms with Crippen molar-refractivity contribution in [3.05, 3.63) is 83.4 Å². The summed E-state index contributed by atoms with van der Waals surface area (Å²) in [4.78, 5) is 12.8. The smallest absolute Gasteiger partial charge is 0.416 e. The molecule has 14 heteroatoms. The molecule has 3 aromatic carbocycles. The average Bonchev–Trinajstić information content (AvgIpc) is 2.87. The second-order valence-electron chi connectivity index (χ2n) is 8.16. The lowest BCUT2D eigenvalue weighted by molar-refractivity contribution is -0.143. The van der Waals surface area contributed by atoms with Gasteiger partial charge in [-0.05, 0) is 42.3 Å². The van der Waals surface area contributed by atoms with E-state index in [4.69, 9.17) is 9.47 Å². The number of alkyl halides is 6. The zero-order chi connectivity index (χ0) is 29.0. The summed E-state index contributed by atoms with van der Waals surface area (Å²) in [7, 11) is -1.83. The fourth-order valence-electron chi connectivity index (χ4n) is 3.53. The molecular formula is C25H22F6N2O5S. The number of rotatable bonds is 9. The Morgan fingerprint density at radius 2 is 1.38 bits per heavy atom. The molecule has 0 heterocycles. The zero-order valence-electron chi connectivity index (χ0n) is 20.4. The van der Waals surface area contributed by atoms with E-state index in [1.165, 1.54) is 26.4 Å². The van der Waals surface area contributed by atoms with Crippen LogP contribution in [0.25, 0.3) is 0 Å². The highest BCUT2D eigenvalue weighted by molar-refractivity contribution is 7.89. The standard InChI is InChI=1S/C25H22F6N2O5S/c1-37-21-9-8-19(14-22(21)38-2)39(35,36)33-20(10-15-6-4-3-5-7-15)23(34)32-18-12-16(24(26,27)28)11-17(13-18)25(29,30)31/h3-9,11-14,20,33H,10H2,1-2H3,(H,32,34)/t20-/m0/s1. The first kappa shape index (κ1) is 29.8. The highest BCUT2D eigenvalue weighted by atomic mass is 32.2. The van der Waals surface area contributed by atoms with Crippen LogP contribution in [-0.2, 0) is 33.6 Å². The second-order valence-corrected chi connectivity index (χ2v) is 9.88. The minimum absolute atomic E-state index is 0.0630. The largest absolute Gasteiger partial charge is 0.493 e. The number of methoxy groups -OCH3 is 2. The normalized spacial score (nSPS) is 13.0. The molecule has 0 aliphatic rings. The maximum Gasteiger partial charge on any atom is 0.416 e. The van der Waals surface area contributed by atoms with E-state index >= 15 is 0 Å². The fraction of sp³-hybridized carbons (Fsp3) is 0.240. The van der Waals surface area contributed by atoms with Gasteiger partial charge < -0.3 is 14.8 Å². The third-order valence-electron chi connectivity index (χ3n) is 5.42. The molecule has 0 aliphatic carbocycles. The number of amides is 1. The van der Waals surface area contributed by atoms with Crippen LogP contribution in [0.2, 0.25) is 0 Å². The van der Waals surface area contributed by atoms with Crippen molar-refractivity contribution in [2.24, 2.45) is 0 Å². The maximum atomic E-state index is 13.3. The molecule has 0 aliphatic heterocycles. The summed E-state index contributed by atoms with van der Waals surface area (Å²) in [6.45, 7) is 0. The predicted molar refractivity (Wildman–Crippen MR) is 129 cm³/mol. The van der Waals surface area contributed by atoms with Crippen LogP contribution in [-0.4, -0.2) is 34.6 Å². The summed E-state index contributed by atoms with van der Waals surface area (Å²) in [6, 6.07) is 10.6. The first-order chi connectivity index (χ1) is 18.1. The van der Waals surface area contributed by atoms with Crippen LogP contribution in [0.3, 0.4) is 0 Å². The summed E-state index contributed by atoms with van der Waals surface area (Å²) < 4.78 is 118. The first-order valence-corrected chi connectivity index (χ1v) is 12.5. The Bertz CT molecular complexity index is 1390. The van der Waals surface area contributed by atoms with E-state index in [0.29, 0.717) is 17.7 Å². The number of halogens is 6. The first-order valence-electron chi connectivity index (χ1n) is 11.0. The van der Waals surface area contributed by atoms with Crippen LogP contribution < -0.4 is 19.5 Å². The Balaban J connectivity index is 1.99. The molecular weight excluding hydrogens is 554 g/mol. The number of benzene rings is 3. The van der Waals surface area contributed by atoms with Crippen molar-refractivity contribution in [1.82, 2.24) is 4.72 Å². The SMILES string of the molecule is COc1ccc(S(=O)(=O)N[C@@H](Cc2ccccc2)C(=O)Nc2cc(C(F)(F)F)cc(C(F)(F)F)c2)cc1OC. The third kappa shape index (κ3) is 7.63. The maximum absolute atomic E-state index is 13.3. The van der Waals surface area contributed by atoms with Crippen LogP contribution in [0.1, 0.15) is 16.7 Å². The van der Waals surface area contributed by atoms with Gasteiger partial charge >= 0.3 is 12.4 Å². The van der Waals surface area contributed by atoms with Crippen LogP contribution in [0.5, 0.6) is 11.5 Å². The van der Waals surface area contributed by atoms with Gasteiger partial charge in [0.1, 0.15) is 6.04 Å². The number of sulfonamides is 1. The molecule has 1 amide bonds. The summed E-state index contributed by atoms with van der Waals surface area (Å²) in [6.07, 6.45) is -10.6. The van der Waals surface area contributed by atoms with Crippen molar-refractivity contribution in [3.63, 3.8) is 0 Å². The lowest BCUT2D eigenvalue weighted by atomic mass is 10.1. The molecule has 0 bridgehead atoms. The summed E-state index contributed by atoms with van der Waals surface area (Å²) >= 11 is 0. The van der Waals surface area contributed by atoms with Crippen molar-refractivity contribution in [2.45, 2.75) is 29.7 Å². The number of ether oxygens (including phenoxy) is 2. The number of hydrogen-bond donors (Lipinski definition) is 2. The number of hydrogen-bond acceptors (Lipinski definition) is 5. The molecule has 0 radical (unpaired) electrons. The monoisotopic (exact) mass is 576 g/mol. The van der Waals surface area contributed by atoms with Crippen molar-refractivity contribution in [1.29, 1.82) is 0 Å². The van der Waals surface area contributed by atoms with E-state index in [-0.39, 0.29) is 28.9 Å².